The van der Waals surface area contributed by atoms with E-state index in [1.165, 1.54) is 6.42 Å². The van der Waals surface area contributed by atoms with Crippen molar-refractivity contribution in [2.45, 2.75) is 18.9 Å². The van der Waals surface area contributed by atoms with E-state index in [2.05, 4.69) is 19.0 Å². The molecular weight excluding hydrogens is 218 g/mol. The van der Waals surface area contributed by atoms with Crippen LogP contribution in [0.3, 0.4) is 0 Å². The Balaban J connectivity index is 1.89. The van der Waals surface area contributed by atoms with Crippen molar-refractivity contribution in [3.63, 3.8) is 0 Å². The maximum absolute atomic E-state index is 12.3. The fourth-order valence-corrected chi connectivity index (χ4v) is 2.50. The molecule has 2 rings (SSSR count). The van der Waals surface area contributed by atoms with E-state index in [0.29, 0.717) is 19.3 Å². The van der Waals surface area contributed by atoms with Crippen molar-refractivity contribution in [1.29, 1.82) is 0 Å². The number of likely N-dealkylation sites (N-methyl/N-ethyl adjacent to an activating group) is 1. The lowest BCUT2D eigenvalue weighted by atomic mass is 10.1. The molecule has 0 bridgehead atoms. The summed E-state index contributed by atoms with van der Waals surface area (Å²) in [5.74, 6) is 0. The van der Waals surface area contributed by atoms with E-state index in [1.807, 2.05) is 9.80 Å². The Morgan fingerprint density at radius 1 is 1.18 bits per heavy atom. The molecule has 0 aliphatic carbocycles. The number of piperidine rings is 1. The molecule has 1 atom stereocenters. The predicted octanol–water partition coefficient (Wildman–Crippen LogP) is 0.465. The van der Waals surface area contributed by atoms with Gasteiger partial charge in [-0.2, -0.15) is 0 Å². The number of morpholine rings is 1. The minimum Gasteiger partial charge on any atom is -0.378 e. The Morgan fingerprint density at radius 2 is 1.88 bits per heavy atom. The Labute approximate surface area is 103 Å². The average Bonchev–Trinajstić information content (AvgIpc) is 2.39. The first-order valence-electron chi connectivity index (χ1n) is 6.46. The number of amides is 2. The van der Waals surface area contributed by atoms with Crippen LogP contribution in [0.15, 0.2) is 0 Å². The topological polar surface area (TPSA) is 36.0 Å². The highest BCUT2D eigenvalue weighted by Gasteiger charge is 2.28. The van der Waals surface area contributed by atoms with Crippen molar-refractivity contribution in [2.24, 2.45) is 0 Å². The van der Waals surface area contributed by atoms with Gasteiger partial charge in [-0.25, -0.2) is 4.79 Å². The first kappa shape index (κ1) is 12.6. The molecule has 2 amide bonds. The molecule has 2 heterocycles. The lowest BCUT2D eigenvalue weighted by Crippen LogP contribution is -2.53. The summed E-state index contributed by atoms with van der Waals surface area (Å²) in [4.78, 5) is 18.4. The van der Waals surface area contributed by atoms with Crippen molar-refractivity contribution in [3.05, 3.63) is 0 Å². The summed E-state index contributed by atoms with van der Waals surface area (Å²) < 4.78 is 5.28. The van der Waals surface area contributed by atoms with Gasteiger partial charge in [0.2, 0.25) is 0 Å². The maximum atomic E-state index is 12.3. The van der Waals surface area contributed by atoms with Gasteiger partial charge in [0.1, 0.15) is 0 Å². The molecule has 17 heavy (non-hydrogen) atoms. The van der Waals surface area contributed by atoms with Gasteiger partial charge >= 0.3 is 6.03 Å². The number of nitrogens with zero attached hydrogens (tertiary/aromatic N) is 3. The molecule has 0 aromatic heterocycles. The van der Waals surface area contributed by atoms with E-state index in [4.69, 9.17) is 4.74 Å². The van der Waals surface area contributed by atoms with Crippen molar-refractivity contribution in [2.75, 3.05) is 53.5 Å². The second-order valence-electron chi connectivity index (χ2n) is 5.09. The molecule has 5 nitrogen and oxygen atoms in total. The van der Waals surface area contributed by atoms with Crippen LogP contribution in [0.5, 0.6) is 0 Å². The van der Waals surface area contributed by atoms with E-state index in [0.717, 1.165) is 32.6 Å². The zero-order chi connectivity index (χ0) is 12.3. The summed E-state index contributed by atoms with van der Waals surface area (Å²) in [6.45, 7) is 4.60. The number of hydrogen-bond donors (Lipinski definition) is 0. The van der Waals surface area contributed by atoms with Gasteiger partial charge in [0, 0.05) is 32.2 Å². The van der Waals surface area contributed by atoms with Crippen LogP contribution in [-0.2, 0) is 4.74 Å². The van der Waals surface area contributed by atoms with Crippen molar-refractivity contribution >= 4 is 6.03 Å². The first-order valence-corrected chi connectivity index (χ1v) is 6.46. The van der Waals surface area contributed by atoms with Crippen molar-refractivity contribution in [1.82, 2.24) is 14.7 Å². The third kappa shape index (κ3) is 3.10. The standard InChI is InChI=1S/C12H23N3O2/c1-13(2)11-4-3-5-15(10-11)12(16)14-6-8-17-9-7-14/h11H,3-10H2,1-2H3. The molecule has 98 valence electrons. The average molecular weight is 241 g/mol. The van der Waals surface area contributed by atoms with E-state index in [-0.39, 0.29) is 6.03 Å². The van der Waals surface area contributed by atoms with Gasteiger partial charge in [0.25, 0.3) is 0 Å². The molecule has 2 aliphatic heterocycles. The van der Waals surface area contributed by atoms with Crippen LogP contribution in [0.4, 0.5) is 4.79 Å². The monoisotopic (exact) mass is 241 g/mol. The van der Waals surface area contributed by atoms with Crippen molar-refractivity contribution < 1.29 is 9.53 Å². The fourth-order valence-electron chi connectivity index (χ4n) is 2.50. The molecule has 2 saturated heterocycles. The normalized spacial score (nSPS) is 26.4. The van der Waals surface area contributed by atoms with Gasteiger partial charge in [-0.1, -0.05) is 0 Å². The van der Waals surface area contributed by atoms with Crippen LogP contribution in [0.1, 0.15) is 12.8 Å². The van der Waals surface area contributed by atoms with Gasteiger partial charge in [0.15, 0.2) is 0 Å². The quantitative estimate of drug-likeness (QED) is 0.669. The number of ether oxygens (including phenoxy) is 1. The number of rotatable bonds is 1. The highest BCUT2D eigenvalue weighted by Crippen LogP contribution is 2.15. The van der Waals surface area contributed by atoms with Crippen LogP contribution < -0.4 is 0 Å². The summed E-state index contributed by atoms with van der Waals surface area (Å²) in [7, 11) is 4.18. The first-order chi connectivity index (χ1) is 8.18. The Morgan fingerprint density at radius 3 is 2.53 bits per heavy atom. The number of hydrogen-bond acceptors (Lipinski definition) is 3. The third-order valence-corrected chi connectivity index (χ3v) is 3.68. The molecule has 0 spiro atoms. The second kappa shape index (κ2) is 5.69. The summed E-state index contributed by atoms with van der Waals surface area (Å²) in [6, 6.07) is 0.702. The molecule has 0 aromatic rings. The molecule has 0 N–H and O–H groups in total. The zero-order valence-electron chi connectivity index (χ0n) is 10.9. The van der Waals surface area contributed by atoms with Crippen LogP contribution in [-0.4, -0.2) is 80.3 Å². The smallest absolute Gasteiger partial charge is 0.320 e. The van der Waals surface area contributed by atoms with Gasteiger partial charge in [-0.05, 0) is 26.9 Å². The summed E-state index contributed by atoms with van der Waals surface area (Å²) in [5, 5.41) is 0. The Bertz CT molecular complexity index is 264. The lowest BCUT2D eigenvalue weighted by molar-refractivity contribution is 0.0375. The highest BCUT2D eigenvalue weighted by atomic mass is 16.5. The highest BCUT2D eigenvalue weighted by molar-refractivity contribution is 5.74. The zero-order valence-corrected chi connectivity index (χ0v) is 10.9. The van der Waals surface area contributed by atoms with Crippen LogP contribution in [0, 0.1) is 0 Å². The lowest BCUT2D eigenvalue weighted by Gasteiger charge is -2.39. The molecular formula is C12H23N3O2. The minimum atomic E-state index is 0.194. The van der Waals surface area contributed by atoms with Gasteiger partial charge in [-0.15, -0.1) is 0 Å². The number of urea groups is 1. The second-order valence-corrected chi connectivity index (χ2v) is 5.09. The number of likely N-dealkylation sites (tertiary alicyclic amines) is 1. The molecule has 2 aliphatic rings. The summed E-state index contributed by atoms with van der Waals surface area (Å²) in [5.41, 5.74) is 0. The molecule has 0 aromatic carbocycles. The van der Waals surface area contributed by atoms with E-state index in [1.54, 1.807) is 0 Å². The molecule has 0 radical (unpaired) electrons. The Hall–Kier alpha value is -0.810. The van der Waals surface area contributed by atoms with Gasteiger partial charge in [-0.3, -0.25) is 0 Å². The SMILES string of the molecule is CN(C)C1CCCN(C(=O)N2CCOCC2)C1. The van der Waals surface area contributed by atoms with E-state index in [9.17, 15) is 4.79 Å². The fraction of sp³-hybridized carbons (Fsp3) is 0.917. The molecule has 2 fully saturated rings. The van der Waals surface area contributed by atoms with Crippen molar-refractivity contribution in [3.8, 4) is 0 Å². The third-order valence-electron chi connectivity index (χ3n) is 3.68. The molecule has 5 heteroatoms. The summed E-state index contributed by atoms with van der Waals surface area (Å²) in [6.07, 6.45) is 2.30. The van der Waals surface area contributed by atoms with Crippen LogP contribution >= 0.6 is 0 Å². The van der Waals surface area contributed by atoms with Crippen LogP contribution in [0.25, 0.3) is 0 Å². The molecule has 1 unspecified atom stereocenters. The Kier molecular flexibility index (Phi) is 4.23. The predicted molar refractivity (Wildman–Crippen MR) is 66.1 cm³/mol. The van der Waals surface area contributed by atoms with Gasteiger partial charge < -0.3 is 19.4 Å². The van der Waals surface area contributed by atoms with Crippen LogP contribution in [0.2, 0.25) is 0 Å². The number of carbonyl (C=O) groups is 1. The van der Waals surface area contributed by atoms with E-state index < -0.39 is 0 Å². The molecule has 0 saturated carbocycles. The maximum Gasteiger partial charge on any atom is 0.320 e. The number of carbonyl (C=O) groups excluding carboxylic acids is 1. The largest absolute Gasteiger partial charge is 0.378 e. The van der Waals surface area contributed by atoms with E-state index >= 15 is 0 Å². The minimum absolute atomic E-state index is 0.194. The summed E-state index contributed by atoms with van der Waals surface area (Å²) >= 11 is 0. The van der Waals surface area contributed by atoms with Gasteiger partial charge in [0.05, 0.1) is 13.2 Å².